The van der Waals surface area contributed by atoms with Crippen molar-refractivity contribution in [1.29, 1.82) is 0 Å². The SMILES string of the molecule is C[C@H]1CC2(COC(C)(C)OC2)C[C@@H]1CC(Cl)[Si](C)(C)c1ccccc1. The van der Waals surface area contributed by atoms with E-state index in [2.05, 4.69) is 50.3 Å². The Balaban J connectivity index is 1.65. The Morgan fingerprint density at radius 2 is 1.72 bits per heavy atom. The molecule has 1 aromatic carbocycles. The van der Waals surface area contributed by atoms with Crippen LogP contribution in [-0.2, 0) is 9.47 Å². The predicted molar refractivity (Wildman–Crippen MR) is 108 cm³/mol. The standard InChI is InChI=1S/C21H33ClO2Si/c1-16-12-21(14-23-20(2,3)24-15-21)13-17(16)11-19(22)25(4,5)18-9-7-6-8-10-18/h6-10,16-17,19H,11-15H2,1-5H3/t16-,17-,19?/m0/s1. The van der Waals surface area contributed by atoms with Crippen molar-refractivity contribution in [2.45, 2.75) is 63.9 Å². The van der Waals surface area contributed by atoms with E-state index in [1.165, 1.54) is 18.0 Å². The highest BCUT2D eigenvalue weighted by Gasteiger charge is 2.49. The second kappa shape index (κ2) is 6.99. The molecule has 1 heterocycles. The van der Waals surface area contributed by atoms with Crippen LogP contribution in [0.4, 0.5) is 0 Å². The van der Waals surface area contributed by atoms with Gasteiger partial charge in [-0.3, -0.25) is 0 Å². The molecule has 1 aromatic rings. The second-order valence-electron chi connectivity index (χ2n) is 9.41. The number of ether oxygens (including phenoxy) is 2. The van der Waals surface area contributed by atoms with Gasteiger partial charge in [0, 0.05) is 10.4 Å². The van der Waals surface area contributed by atoms with E-state index >= 15 is 0 Å². The Hall–Kier alpha value is -0.353. The number of benzene rings is 1. The molecule has 2 aliphatic rings. The van der Waals surface area contributed by atoms with Crippen LogP contribution < -0.4 is 5.19 Å². The largest absolute Gasteiger partial charge is 0.350 e. The summed E-state index contributed by atoms with van der Waals surface area (Å²) >= 11 is 7.02. The third kappa shape index (κ3) is 4.15. The minimum atomic E-state index is -1.66. The number of halogens is 1. The summed E-state index contributed by atoms with van der Waals surface area (Å²) in [6.45, 7) is 12.9. The van der Waals surface area contributed by atoms with Crippen LogP contribution in [0.1, 0.15) is 40.0 Å². The molecule has 2 nitrogen and oxygen atoms in total. The lowest BCUT2D eigenvalue weighted by atomic mass is 9.85. The molecule has 1 saturated heterocycles. The third-order valence-corrected chi connectivity index (χ3v) is 12.0. The summed E-state index contributed by atoms with van der Waals surface area (Å²) in [4.78, 5) is 0. The first-order valence-electron chi connectivity index (χ1n) is 9.61. The zero-order valence-electron chi connectivity index (χ0n) is 16.3. The molecule has 0 radical (unpaired) electrons. The van der Waals surface area contributed by atoms with E-state index in [1.807, 2.05) is 13.8 Å². The monoisotopic (exact) mass is 380 g/mol. The Morgan fingerprint density at radius 3 is 2.32 bits per heavy atom. The average Bonchev–Trinajstić information content (AvgIpc) is 2.87. The molecule has 1 unspecified atom stereocenters. The quantitative estimate of drug-likeness (QED) is 0.543. The highest BCUT2D eigenvalue weighted by Crippen LogP contribution is 2.50. The Labute approximate surface area is 159 Å². The van der Waals surface area contributed by atoms with Gasteiger partial charge in [0.1, 0.15) is 0 Å². The maximum Gasteiger partial charge on any atom is 0.162 e. The summed E-state index contributed by atoms with van der Waals surface area (Å²) in [5.41, 5.74) is 0.203. The van der Waals surface area contributed by atoms with E-state index in [9.17, 15) is 0 Å². The van der Waals surface area contributed by atoms with Crippen molar-refractivity contribution in [1.82, 2.24) is 0 Å². The first kappa shape index (κ1) is 19.4. The van der Waals surface area contributed by atoms with Gasteiger partial charge in [-0.2, -0.15) is 0 Å². The van der Waals surface area contributed by atoms with Crippen molar-refractivity contribution >= 4 is 24.9 Å². The summed E-state index contributed by atoms with van der Waals surface area (Å²) in [5.74, 6) is 0.936. The van der Waals surface area contributed by atoms with Crippen LogP contribution >= 0.6 is 11.6 Å². The van der Waals surface area contributed by atoms with E-state index in [0.29, 0.717) is 11.8 Å². The Morgan fingerprint density at radius 1 is 1.12 bits per heavy atom. The lowest BCUT2D eigenvalue weighted by Crippen LogP contribution is -2.51. The van der Waals surface area contributed by atoms with Crippen LogP contribution in [-0.4, -0.2) is 32.1 Å². The molecule has 3 atom stereocenters. The van der Waals surface area contributed by atoms with Gasteiger partial charge in [0.05, 0.1) is 21.3 Å². The maximum absolute atomic E-state index is 7.02. The number of hydrogen-bond acceptors (Lipinski definition) is 2. The van der Waals surface area contributed by atoms with Gasteiger partial charge in [-0.1, -0.05) is 55.5 Å². The number of alkyl halides is 1. The Kier molecular flexibility index (Phi) is 5.43. The smallest absolute Gasteiger partial charge is 0.162 e. The van der Waals surface area contributed by atoms with Gasteiger partial charge in [-0.15, -0.1) is 11.6 Å². The average molecular weight is 381 g/mol. The molecule has 0 N–H and O–H groups in total. The van der Waals surface area contributed by atoms with Crippen LogP contribution in [0.5, 0.6) is 0 Å². The summed E-state index contributed by atoms with van der Waals surface area (Å²) in [6, 6.07) is 10.9. The summed E-state index contributed by atoms with van der Waals surface area (Å²) in [7, 11) is -1.66. The molecule has 1 saturated carbocycles. The molecule has 25 heavy (non-hydrogen) atoms. The molecule has 1 spiro atoms. The van der Waals surface area contributed by atoms with Crippen LogP contribution in [0.25, 0.3) is 0 Å². The van der Waals surface area contributed by atoms with Crippen LogP contribution in [0.2, 0.25) is 13.1 Å². The predicted octanol–water partition coefficient (Wildman–Crippen LogP) is 4.95. The van der Waals surface area contributed by atoms with Crippen LogP contribution in [0.15, 0.2) is 30.3 Å². The van der Waals surface area contributed by atoms with Crippen molar-refractivity contribution in [2.75, 3.05) is 13.2 Å². The van der Waals surface area contributed by atoms with E-state index < -0.39 is 13.9 Å². The molecule has 0 aromatic heterocycles. The van der Waals surface area contributed by atoms with Crippen molar-refractivity contribution in [2.24, 2.45) is 17.3 Å². The number of rotatable bonds is 4. The van der Waals surface area contributed by atoms with E-state index in [1.54, 1.807) is 0 Å². The third-order valence-electron chi connectivity index (χ3n) is 6.52. The zero-order chi connectivity index (χ0) is 18.3. The lowest BCUT2D eigenvalue weighted by Gasteiger charge is -2.41. The molecule has 0 amide bonds. The van der Waals surface area contributed by atoms with Gasteiger partial charge >= 0.3 is 0 Å². The molecule has 1 aliphatic carbocycles. The van der Waals surface area contributed by atoms with Crippen molar-refractivity contribution in [3.63, 3.8) is 0 Å². The van der Waals surface area contributed by atoms with Crippen LogP contribution in [0, 0.1) is 17.3 Å². The van der Waals surface area contributed by atoms with Gasteiger partial charge in [-0.25, -0.2) is 0 Å². The number of hydrogen-bond donors (Lipinski definition) is 0. The fourth-order valence-electron chi connectivity index (χ4n) is 4.59. The van der Waals surface area contributed by atoms with E-state index in [0.717, 1.165) is 19.6 Å². The first-order valence-corrected chi connectivity index (χ1v) is 13.1. The normalized spacial score (nSPS) is 29.7. The second-order valence-corrected chi connectivity index (χ2v) is 15.0. The molecule has 4 heteroatoms. The fourth-order valence-corrected chi connectivity index (χ4v) is 7.50. The lowest BCUT2D eigenvalue weighted by molar-refractivity contribution is -0.285. The van der Waals surface area contributed by atoms with Gasteiger partial charge < -0.3 is 9.47 Å². The minimum absolute atomic E-state index is 0.203. The van der Waals surface area contributed by atoms with E-state index in [-0.39, 0.29) is 10.4 Å². The fraction of sp³-hybridized carbons (Fsp3) is 0.714. The van der Waals surface area contributed by atoms with Crippen molar-refractivity contribution in [3.8, 4) is 0 Å². The van der Waals surface area contributed by atoms with E-state index in [4.69, 9.17) is 21.1 Å². The Bertz CT molecular complexity index is 577. The van der Waals surface area contributed by atoms with Gasteiger partial charge in [0.15, 0.2) is 5.79 Å². The molecule has 140 valence electrons. The molecular formula is C21H33ClO2Si. The molecule has 1 aliphatic heterocycles. The highest BCUT2D eigenvalue weighted by molar-refractivity contribution is 6.95. The van der Waals surface area contributed by atoms with Crippen LogP contribution in [0.3, 0.4) is 0 Å². The topological polar surface area (TPSA) is 18.5 Å². The maximum atomic E-state index is 7.02. The highest BCUT2D eigenvalue weighted by atomic mass is 35.5. The summed E-state index contributed by atoms with van der Waals surface area (Å²) < 4.78 is 12.0. The van der Waals surface area contributed by atoms with Gasteiger partial charge in [-0.05, 0) is 44.9 Å². The van der Waals surface area contributed by atoms with Crippen molar-refractivity contribution in [3.05, 3.63) is 30.3 Å². The molecule has 0 bridgehead atoms. The van der Waals surface area contributed by atoms with Gasteiger partial charge in [0.25, 0.3) is 0 Å². The van der Waals surface area contributed by atoms with Gasteiger partial charge in [0.2, 0.25) is 0 Å². The minimum Gasteiger partial charge on any atom is -0.350 e. The summed E-state index contributed by atoms with van der Waals surface area (Å²) in [6.07, 6.45) is 3.50. The molecular weight excluding hydrogens is 348 g/mol. The first-order chi connectivity index (χ1) is 11.6. The zero-order valence-corrected chi connectivity index (χ0v) is 18.1. The molecule has 2 fully saturated rings. The summed E-state index contributed by atoms with van der Waals surface area (Å²) in [5, 5.41) is 1.72. The molecule has 3 rings (SSSR count). The van der Waals surface area contributed by atoms with Crippen molar-refractivity contribution < 1.29 is 9.47 Å².